The summed E-state index contributed by atoms with van der Waals surface area (Å²) in [7, 11) is 3.42. The van der Waals surface area contributed by atoms with Crippen molar-refractivity contribution in [3.8, 4) is 5.75 Å². The summed E-state index contributed by atoms with van der Waals surface area (Å²) in [5, 5.41) is 0. The molecule has 0 heterocycles. The zero-order valence-electron chi connectivity index (χ0n) is 12.4. The minimum Gasteiger partial charge on any atom is -0.496 e. The Kier molecular flexibility index (Phi) is 4.58. The van der Waals surface area contributed by atoms with Gasteiger partial charge < -0.3 is 9.64 Å². The van der Waals surface area contributed by atoms with E-state index < -0.39 is 5.82 Å². The number of hydrogen-bond donors (Lipinski definition) is 0. The molecule has 2 rings (SSSR count). The molecular formula is C17H18FNO2. The van der Waals surface area contributed by atoms with Gasteiger partial charge in [0.1, 0.15) is 11.6 Å². The zero-order valence-corrected chi connectivity index (χ0v) is 12.4. The third-order valence-corrected chi connectivity index (χ3v) is 3.37. The lowest BCUT2D eigenvalue weighted by molar-refractivity contribution is 0.101. The van der Waals surface area contributed by atoms with Crippen molar-refractivity contribution in [3.63, 3.8) is 0 Å². The Morgan fingerprint density at radius 3 is 2.57 bits per heavy atom. The highest BCUT2D eigenvalue weighted by molar-refractivity contribution is 5.94. The van der Waals surface area contributed by atoms with Crippen molar-refractivity contribution in [2.45, 2.75) is 13.5 Å². The molecule has 0 aromatic heterocycles. The summed E-state index contributed by atoms with van der Waals surface area (Å²) in [4.78, 5) is 13.0. The van der Waals surface area contributed by atoms with Gasteiger partial charge in [-0.05, 0) is 31.2 Å². The molecule has 0 N–H and O–H groups in total. The van der Waals surface area contributed by atoms with Crippen LogP contribution in [-0.2, 0) is 6.54 Å². The second-order valence-electron chi connectivity index (χ2n) is 4.89. The number of benzene rings is 2. The SMILES string of the molecule is COc1ccccc1CN(C)c1ccc(C(C)=O)cc1F. The van der Waals surface area contributed by atoms with Crippen molar-refractivity contribution < 1.29 is 13.9 Å². The maximum absolute atomic E-state index is 14.1. The largest absolute Gasteiger partial charge is 0.496 e. The first kappa shape index (κ1) is 15.0. The highest BCUT2D eigenvalue weighted by atomic mass is 19.1. The molecule has 0 fully saturated rings. The smallest absolute Gasteiger partial charge is 0.159 e. The molecule has 0 bridgehead atoms. The van der Waals surface area contributed by atoms with E-state index in [1.54, 1.807) is 31.2 Å². The lowest BCUT2D eigenvalue weighted by Crippen LogP contribution is -2.18. The second-order valence-corrected chi connectivity index (χ2v) is 4.89. The molecule has 0 aliphatic heterocycles. The number of hydrogen-bond acceptors (Lipinski definition) is 3. The van der Waals surface area contributed by atoms with Crippen molar-refractivity contribution in [1.29, 1.82) is 0 Å². The highest BCUT2D eigenvalue weighted by Crippen LogP contribution is 2.24. The van der Waals surface area contributed by atoms with Crippen LogP contribution >= 0.6 is 0 Å². The molecule has 0 saturated heterocycles. The van der Waals surface area contributed by atoms with Gasteiger partial charge in [0.2, 0.25) is 0 Å². The number of anilines is 1. The van der Waals surface area contributed by atoms with Crippen LogP contribution in [-0.4, -0.2) is 19.9 Å². The Bertz CT molecular complexity index is 655. The van der Waals surface area contributed by atoms with E-state index in [0.717, 1.165) is 11.3 Å². The van der Waals surface area contributed by atoms with Gasteiger partial charge in [-0.3, -0.25) is 4.79 Å². The molecule has 0 aliphatic carbocycles. The van der Waals surface area contributed by atoms with Crippen molar-refractivity contribution in [2.75, 3.05) is 19.1 Å². The van der Waals surface area contributed by atoms with E-state index in [-0.39, 0.29) is 5.78 Å². The molecule has 110 valence electrons. The van der Waals surface area contributed by atoms with Crippen molar-refractivity contribution >= 4 is 11.5 Å². The predicted molar refractivity (Wildman–Crippen MR) is 81.5 cm³/mol. The van der Waals surface area contributed by atoms with Crippen LogP contribution in [0, 0.1) is 5.82 Å². The minimum absolute atomic E-state index is 0.146. The summed E-state index contributed by atoms with van der Waals surface area (Å²) in [6.07, 6.45) is 0. The first-order chi connectivity index (χ1) is 10.0. The predicted octanol–water partition coefficient (Wildman–Crippen LogP) is 3.67. The van der Waals surface area contributed by atoms with Crippen LogP contribution in [0.5, 0.6) is 5.75 Å². The number of Topliss-reactive ketones (excluding diaryl/α,β-unsaturated/α-hetero) is 1. The number of carbonyl (C=O) groups is 1. The molecule has 2 aromatic carbocycles. The van der Waals surface area contributed by atoms with Gasteiger partial charge in [-0.25, -0.2) is 4.39 Å². The molecule has 0 aliphatic rings. The quantitative estimate of drug-likeness (QED) is 0.786. The number of ether oxygens (including phenoxy) is 1. The number of ketones is 1. The summed E-state index contributed by atoms with van der Waals surface area (Å²) >= 11 is 0. The van der Waals surface area contributed by atoms with Gasteiger partial charge in [0.15, 0.2) is 5.78 Å². The number of methoxy groups -OCH3 is 1. The van der Waals surface area contributed by atoms with Gasteiger partial charge in [0.05, 0.1) is 12.8 Å². The number of para-hydroxylation sites is 1. The molecule has 2 aromatic rings. The zero-order chi connectivity index (χ0) is 15.4. The molecule has 21 heavy (non-hydrogen) atoms. The average Bonchev–Trinajstić information content (AvgIpc) is 2.47. The van der Waals surface area contributed by atoms with Gasteiger partial charge >= 0.3 is 0 Å². The van der Waals surface area contributed by atoms with Gasteiger partial charge in [-0.15, -0.1) is 0 Å². The molecule has 0 saturated carbocycles. The van der Waals surface area contributed by atoms with Gasteiger partial charge in [0, 0.05) is 24.7 Å². The third kappa shape index (κ3) is 3.40. The number of carbonyl (C=O) groups excluding carboxylic acids is 1. The third-order valence-electron chi connectivity index (χ3n) is 3.37. The first-order valence-corrected chi connectivity index (χ1v) is 6.66. The van der Waals surface area contributed by atoms with E-state index >= 15 is 0 Å². The molecule has 4 heteroatoms. The van der Waals surface area contributed by atoms with Gasteiger partial charge in [-0.2, -0.15) is 0 Å². The Hall–Kier alpha value is -2.36. The van der Waals surface area contributed by atoms with E-state index in [1.165, 1.54) is 13.0 Å². The van der Waals surface area contributed by atoms with Crippen molar-refractivity contribution in [3.05, 3.63) is 59.4 Å². The molecular weight excluding hydrogens is 269 g/mol. The first-order valence-electron chi connectivity index (χ1n) is 6.66. The number of rotatable bonds is 5. The monoisotopic (exact) mass is 287 g/mol. The Balaban J connectivity index is 2.24. The van der Waals surface area contributed by atoms with Crippen LogP contribution in [0.3, 0.4) is 0 Å². The van der Waals surface area contributed by atoms with Crippen molar-refractivity contribution in [1.82, 2.24) is 0 Å². The average molecular weight is 287 g/mol. The Morgan fingerprint density at radius 1 is 1.24 bits per heavy atom. The summed E-state index contributed by atoms with van der Waals surface area (Å²) in [5.74, 6) is 0.220. The summed E-state index contributed by atoms with van der Waals surface area (Å²) in [6.45, 7) is 1.94. The lowest BCUT2D eigenvalue weighted by Gasteiger charge is -2.21. The van der Waals surface area contributed by atoms with Crippen LogP contribution < -0.4 is 9.64 Å². The summed E-state index contributed by atoms with van der Waals surface area (Å²) in [6, 6.07) is 12.2. The standard InChI is InChI=1S/C17H18FNO2/c1-12(20)13-8-9-16(15(18)10-13)19(2)11-14-6-4-5-7-17(14)21-3/h4-10H,11H2,1-3H3. The lowest BCUT2D eigenvalue weighted by atomic mass is 10.1. The van der Waals surface area contributed by atoms with Crippen LogP contribution in [0.1, 0.15) is 22.8 Å². The van der Waals surface area contributed by atoms with E-state index in [0.29, 0.717) is 17.8 Å². The number of halogens is 1. The van der Waals surface area contributed by atoms with E-state index in [9.17, 15) is 9.18 Å². The molecule has 0 spiro atoms. The molecule has 0 unspecified atom stereocenters. The highest BCUT2D eigenvalue weighted by Gasteiger charge is 2.12. The van der Waals surface area contributed by atoms with Gasteiger partial charge in [-0.1, -0.05) is 18.2 Å². The molecule has 3 nitrogen and oxygen atoms in total. The topological polar surface area (TPSA) is 29.5 Å². The molecule has 0 amide bonds. The van der Waals surface area contributed by atoms with Crippen LogP contribution in [0.15, 0.2) is 42.5 Å². The van der Waals surface area contributed by atoms with E-state index in [1.807, 2.05) is 24.3 Å². The van der Waals surface area contributed by atoms with E-state index in [4.69, 9.17) is 4.74 Å². The minimum atomic E-state index is -0.403. The summed E-state index contributed by atoms with van der Waals surface area (Å²) < 4.78 is 19.4. The fourth-order valence-electron chi connectivity index (χ4n) is 2.21. The number of nitrogens with zero attached hydrogens (tertiary/aromatic N) is 1. The maximum Gasteiger partial charge on any atom is 0.159 e. The fourth-order valence-corrected chi connectivity index (χ4v) is 2.21. The van der Waals surface area contributed by atoms with Crippen LogP contribution in [0.4, 0.5) is 10.1 Å². The second kappa shape index (κ2) is 6.39. The van der Waals surface area contributed by atoms with Crippen LogP contribution in [0.2, 0.25) is 0 Å². The fraction of sp³-hybridized carbons (Fsp3) is 0.235. The Labute approximate surface area is 124 Å². The normalized spacial score (nSPS) is 10.3. The van der Waals surface area contributed by atoms with Gasteiger partial charge in [0.25, 0.3) is 0 Å². The molecule has 0 atom stereocenters. The van der Waals surface area contributed by atoms with Crippen LogP contribution in [0.25, 0.3) is 0 Å². The molecule has 0 radical (unpaired) electrons. The maximum atomic E-state index is 14.1. The van der Waals surface area contributed by atoms with Crippen molar-refractivity contribution in [2.24, 2.45) is 0 Å². The van der Waals surface area contributed by atoms with E-state index in [2.05, 4.69) is 0 Å². The Morgan fingerprint density at radius 2 is 1.95 bits per heavy atom. The summed E-state index contributed by atoms with van der Waals surface area (Å²) in [5.41, 5.74) is 1.80.